The molecule has 1 amide bonds. The highest BCUT2D eigenvalue weighted by molar-refractivity contribution is 5.85. The number of carbonyl (C=O) groups excluding carboxylic acids is 1. The van der Waals surface area contributed by atoms with Gasteiger partial charge < -0.3 is 15.4 Å². The largest absolute Gasteiger partial charge is 0.394 e. The fourth-order valence-corrected chi connectivity index (χ4v) is 6.95. The monoisotopic (exact) mass is 424 g/mol. The van der Waals surface area contributed by atoms with Gasteiger partial charge in [0.25, 0.3) is 0 Å². The number of carbonyl (C=O) groups is 1. The number of amides is 1. The lowest BCUT2D eigenvalue weighted by molar-refractivity contribution is -0.283. The van der Waals surface area contributed by atoms with Crippen LogP contribution in [0.3, 0.4) is 0 Å². The third-order valence-electron chi connectivity index (χ3n) is 7.88. The maximum atomic E-state index is 13.9. The summed E-state index contributed by atoms with van der Waals surface area (Å²) in [5.41, 5.74) is -2.56. The van der Waals surface area contributed by atoms with Crippen molar-refractivity contribution in [2.24, 2.45) is 28.1 Å². The SMILES string of the molecule is COCC1(CNC(=O)C23CC4CC(C2)CC(C(F)(F)F)(C4)C3)CCNCC1.Cl. The Balaban J connectivity index is 0.00000225. The summed E-state index contributed by atoms with van der Waals surface area (Å²) in [4.78, 5) is 13.2. The first-order chi connectivity index (χ1) is 12.7. The third-order valence-corrected chi connectivity index (χ3v) is 7.88. The predicted molar refractivity (Wildman–Crippen MR) is 102 cm³/mol. The first-order valence-electron chi connectivity index (χ1n) is 10.3. The zero-order valence-electron chi connectivity index (χ0n) is 16.5. The van der Waals surface area contributed by atoms with Crippen LogP contribution in [0.1, 0.15) is 51.4 Å². The summed E-state index contributed by atoms with van der Waals surface area (Å²) >= 11 is 0. The van der Waals surface area contributed by atoms with Gasteiger partial charge in [-0.1, -0.05) is 0 Å². The molecule has 0 spiro atoms. The van der Waals surface area contributed by atoms with Crippen molar-refractivity contribution >= 4 is 18.3 Å². The summed E-state index contributed by atoms with van der Waals surface area (Å²) in [7, 11) is 1.66. The Morgan fingerprint density at radius 3 is 2.29 bits per heavy atom. The molecule has 2 unspecified atom stereocenters. The van der Waals surface area contributed by atoms with Gasteiger partial charge in [-0.2, -0.15) is 13.2 Å². The molecule has 0 aromatic heterocycles. The van der Waals surface area contributed by atoms with Gasteiger partial charge in [-0.3, -0.25) is 4.79 Å². The smallest absolute Gasteiger partial charge is 0.384 e. The van der Waals surface area contributed by atoms with E-state index in [4.69, 9.17) is 4.74 Å². The van der Waals surface area contributed by atoms with Crippen molar-refractivity contribution < 1.29 is 22.7 Å². The summed E-state index contributed by atoms with van der Waals surface area (Å²) in [6.45, 7) is 2.83. The first kappa shape index (κ1) is 22.2. The van der Waals surface area contributed by atoms with Crippen molar-refractivity contribution in [1.29, 1.82) is 0 Å². The lowest BCUT2D eigenvalue weighted by atomic mass is 9.43. The van der Waals surface area contributed by atoms with E-state index in [1.54, 1.807) is 7.11 Å². The highest BCUT2D eigenvalue weighted by Crippen LogP contribution is 2.69. The van der Waals surface area contributed by atoms with Crippen LogP contribution in [0.5, 0.6) is 0 Å². The van der Waals surface area contributed by atoms with E-state index in [-0.39, 0.29) is 54.8 Å². The standard InChI is InChI=1S/C20H31F3N2O2.ClH/c1-27-13-17(2-4-24-5-3-17)12-25-16(26)18-7-14-6-15(8-18)10-19(9-14,11-18)20(21,22)23;/h14-15,24H,2-13H2,1H3,(H,25,26);1H. The van der Waals surface area contributed by atoms with Gasteiger partial charge in [0.15, 0.2) is 0 Å². The van der Waals surface area contributed by atoms with Crippen LogP contribution in [-0.2, 0) is 9.53 Å². The normalized spacial score (nSPS) is 38.7. The number of hydrogen-bond acceptors (Lipinski definition) is 3. The maximum absolute atomic E-state index is 13.9. The van der Waals surface area contributed by atoms with Crippen LogP contribution in [0.15, 0.2) is 0 Å². The second kappa shape index (κ2) is 7.62. The molecule has 4 aliphatic carbocycles. The van der Waals surface area contributed by atoms with Gasteiger partial charge >= 0.3 is 6.18 Å². The fraction of sp³-hybridized carbons (Fsp3) is 0.950. The van der Waals surface area contributed by atoms with Crippen molar-refractivity contribution in [3.8, 4) is 0 Å². The maximum Gasteiger partial charge on any atom is 0.394 e. The summed E-state index contributed by atoms with van der Waals surface area (Å²) in [6, 6.07) is 0. The molecule has 0 aromatic rings. The Bertz CT molecular complexity index is 573. The Kier molecular flexibility index (Phi) is 6.03. The van der Waals surface area contributed by atoms with E-state index in [9.17, 15) is 18.0 Å². The summed E-state index contributed by atoms with van der Waals surface area (Å²) in [6.07, 6.45) is 0.175. The van der Waals surface area contributed by atoms with E-state index in [1.807, 2.05) is 0 Å². The molecular weight excluding hydrogens is 393 g/mol. The van der Waals surface area contributed by atoms with E-state index >= 15 is 0 Å². The molecule has 1 aliphatic heterocycles. The van der Waals surface area contributed by atoms with Gasteiger partial charge in [-0.25, -0.2) is 0 Å². The van der Waals surface area contributed by atoms with Crippen LogP contribution in [-0.4, -0.2) is 45.4 Å². The lowest BCUT2D eigenvalue weighted by Crippen LogP contribution is -2.62. The van der Waals surface area contributed by atoms with Crippen LogP contribution in [0.25, 0.3) is 0 Å². The van der Waals surface area contributed by atoms with Gasteiger partial charge in [0, 0.05) is 19.1 Å². The first-order valence-corrected chi connectivity index (χ1v) is 10.3. The minimum atomic E-state index is -4.21. The minimum Gasteiger partial charge on any atom is -0.384 e. The zero-order valence-corrected chi connectivity index (χ0v) is 17.3. The number of hydrogen-bond donors (Lipinski definition) is 2. The van der Waals surface area contributed by atoms with E-state index in [2.05, 4.69) is 10.6 Å². The lowest BCUT2D eigenvalue weighted by Gasteiger charge is -2.61. The van der Waals surface area contributed by atoms with Crippen molar-refractivity contribution in [1.82, 2.24) is 10.6 Å². The number of halogens is 4. The molecule has 1 heterocycles. The zero-order chi connectivity index (χ0) is 19.3. The van der Waals surface area contributed by atoms with Gasteiger partial charge in [-0.05, 0) is 76.3 Å². The molecule has 0 radical (unpaired) electrons. The topological polar surface area (TPSA) is 50.4 Å². The second-order valence-corrected chi connectivity index (χ2v) is 9.89. The molecule has 8 heteroatoms. The molecule has 4 nitrogen and oxygen atoms in total. The van der Waals surface area contributed by atoms with E-state index in [1.165, 1.54) is 0 Å². The fourth-order valence-electron chi connectivity index (χ4n) is 6.95. The van der Waals surface area contributed by atoms with Crippen molar-refractivity contribution in [2.75, 3.05) is 33.4 Å². The second-order valence-electron chi connectivity index (χ2n) is 9.89. The molecule has 28 heavy (non-hydrogen) atoms. The minimum absolute atomic E-state index is 0. The molecule has 5 fully saturated rings. The molecule has 2 N–H and O–H groups in total. The van der Waals surface area contributed by atoms with Crippen molar-refractivity contribution in [3.05, 3.63) is 0 Å². The molecule has 5 aliphatic rings. The van der Waals surface area contributed by atoms with E-state index in [0.717, 1.165) is 32.4 Å². The molecule has 1 saturated heterocycles. The average molecular weight is 425 g/mol. The summed E-state index contributed by atoms with van der Waals surface area (Å²) in [5.74, 6) is -0.0462. The highest BCUT2D eigenvalue weighted by Gasteiger charge is 2.68. The number of piperidine rings is 1. The molecule has 4 saturated carbocycles. The molecule has 5 rings (SSSR count). The van der Waals surface area contributed by atoms with Crippen molar-refractivity contribution in [2.45, 2.75) is 57.5 Å². The van der Waals surface area contributed by atoms with Gasteiger partial charge in [-0.15, -0.1) is 12.4 Å². The van der Waals surface area contributed by atoms with Crippen LogP contribution in [0.2, 0.25) is 0 Å². The molecule has 162 valence electrons. The molecule has 4 bridgehead atoms. The van der Waals surface area contributed by atoms with Gasteiger partial charge in [0.05, 0.1) is 17.4 Å². The third kappa shape index (κ3) is 3.67. The van der Waals surface area contributed by atoms with Crippen LogP contribution < -0.4 is 10.6 Å². The van der Waals surface area contributed by atoms with Crippen LogP contribution in [0.4, 0.5) is 13.2 Å². The van der Waals surface area contributed by atoms with Crippen LogP contribution in [0, 0.1) is 28.1 Å². The highest BCUT2D eigenvalue weighted by atomic mass is 35.5. The number of nitrogens with one attached hydrogen (secondary N) is 2. The molecule has 2 atom stereocenters. The Labute approximate surface area is 171 Å². The van der Waals surface area contributed by atoms with Crippen LogP contribution >= 0.6 is 12.4 Å². The Morgan fingerprint density at radius 1 is 1.14 bits per heavy atom. The van der Waals surface area contributed by atoms with Gasteiger partial charge in [0.1, 0.15) is 0 Å². The summed E-state index contributed by atoms with van der Waals surface area (Å²) in [5, 5.41) is 6.41. The van der Waals surface area contributed by atoms with Crippen molar-refractivity contribution in [3.63, 3.8) is 0 Å². The Hall–Kier alpha value is -0.530. The van der Waals surface area contributed by atoms with E-state index in [0.29, 0.717) is 26.0 Å². The predicted octanol–water partition coefficient (Wildman–Crippen LogP) is 3.69. The summed E-state index contributed by atoms with van der Waals surface area (Å²) < 4.78 is 47.1. The number of methoxy groups -OCH3 is 1. The molecular formula is C20H32ClF3N2O2. The van der Waals surface area contributed by atoms with E-state index < -0.39 is 17.0 Å². The molecule has 0 aromatic carbocycles. The quantitative estimate of drug-likeness (QED) is 0.707. The number of alkyl halides is 3. The number of rotatable bonds is 5. The Morgan fingerprint density at radius 2 is 1.75 bits per heavy atom. The average Bonchev–Trinajstić information content (AvgIpc) is 2.59. The van der Waals surface area contributed by atoms with Gasteiger partial charge in [0.2, 0.25) is 5.91 Å². The number of ether oxygens (including phenoxy) is 1.